The first kappa shape index (κ1) is 15.6. The van der Waals surface area contributed by atoms with Gasteiger partial charge in [-0.2, -0.15) is 3.71 Å². The first-order valence-electron chi connectivity index (χ1n) is 4.34. The molecule has 7 heteroatoms. The number of thiol groups is 2. The SMILES string of the molecule is O=C(ONC1CCCCC1)N(S)S.[H-].[K+]. The average Bonchev–Trinajstić information content (AvgIpc) is 2.15. The Bertz CT molecular complexity index is 182. The molecule has 1 aliphatic rings. The number of hydrogen-bond acceptors (Lipinski definition) is 5. The molecule has 1 amide bonds. The van der Waals surface area contributed by atoms with Gasteiger partial charge in [0, 0.05) is 6.04 Å². The summed E-state index contributed by atoms with van der Waals surface area (Å²) >= 11 is 7.35. The zero-order chi connectivity index (χ0) is 9.68. The predicted octanol–water partition coefficient (Wildman–Crippen LogP) is -0.932. The van der Waals surface area contributed by atoms with Crippen molar-refractivity contribution in [3.63, 3.8) is 0 Å². The van der Waals surface area contributed by atoms with Crippen LogP contribution in [0.1, 0.15) is 33.5 Å². The minimum absolute atomic E-state index is 0. The Hall–Kier alpha value is 1.57. The minimum Gasteiger partial charge on any atom is -1.00 e. The van der Waals surface area contributed by atoms with Gasteiger partial charge < -0.3 is 6.26 Å². The fraction of sp³-hybridized carbons (Fsp3) is 0.857. The van der Waals surface area contributed by atoms with Gasteiger partial charge >= 0.3 is 57.5 Å². The molecule has 0 spiro atoms. The standard InChI is InChI=1S/C7H14N2O2S2.K.H/c10-7(9(12)13)11-8-6-4-2-1-3-5-6;;/h6,8,12-13H,1-5H2;;/q;+1;-1. The van der Waals surface area contributed by atoms with Gasteiger partial charge in [0.1, 0.15) is 0 Å². The molecule has 0 saturated heterocycles. The maximum Gasteiger partial charge on any atom is 1.00 e. The second-order valence-corrected chi connectivity index (χ2v) is 4.23. The summed E-state index contributed by atoms with van der Waals surface area (Å²) in [6.45, 7) is 0. The van der Waals surface area contributed by atoms with Crippen LogP contribution in [0.5, 0.6) is 0 Å². The monoisotopic (exact) mass is 262 g/mol. The zero-order valence-electron chi connectivity index (χ0n) is 9.27. The fourth-order valence-corrected chi connectivity index (χ4v) is 1.48. The van der Waals surface area contributed by atoms with Crippen molar-refractivity contribution in [2.45, 2.75) is 38.1 Å². The van der Waals surface area contributed by atoms with E-state index in [0.29, 0.717) is 6.04 Å². The van der Waals surface area contributed by atoms with Gasteiger partial charge in [-0.3, -0.25) is 0 Å². The van der Waals surface area contributed by atoms with Crippen LogP contribution in [0.4, 0.5) is 4.79 Å². The number of hydrogen-bond donors (Lipinski definition) is 3. The number of carbonyl (C=O) groups is 1. The summed E-state index contributed by atoms with van der Waals surface area (Å²) in [6.07, 6.45) is 5.19. The molecule has 0 atom stereocenters. The van der Waals surface area contributed by atoms with Crippen molar-refractivity contribution in [3.05, 3.63) is 0 Å². The third-order valence-electron chi connectivity index (χ3n) is 2.08. The molecule has 1 fully saturated rings. The molecule has 1 aliphatic carbocycles. The summed E-state index contributed by atoms with van der Waals surface area (Å²) in [5, 5.41) is 0. The van der Waals surface area contributed by atoms with E-state index in [0.717, 1.165) is 16.6 Å². The zero-order valence-corrected chi connectivity index (χ0v) is 13.2. The Morgan fingerprint density at radius 3 is 2.43 bits per heavy atom. The van der Waals surface area contributed by atoms with Crippen molar-refractivity contribution in [2.24, 2.45) is 0 Å². The Balaban J connectivity index is 0. The summed E-state index contributed by atoms with van der Waals surface area (Å²) < 4.78 is 0.801. The molecule has 1 N–H and O–H groups in total. The van der Waals surface area contributed by atoms with Gasteiger partial charge in [0.15, 0.2) is 0 Å². The number of amides is 1. The smallest absolute Gasteiger partial charge is 1.00 e. The van der Waals surface area contributed by atoms with Crippen LogP contribution in [0.25, 0.3) is 0 Å². The summed E-state index contributed by atoms with van der Waals surface area (Å²) in [5.74, 6) is 0. The second-order valence-electron chi connectivity index (χ2n) is 3.11. The average molecular weight is 262 g/mol. The molecule has 1 saturated carbocycles. The second kappa shape index (κ2) is 8.69. The van der Waals surface area contributed by atoms with Gasteiger partial charge in [0.25, 0.3) is 0 Å². The first-order chi connectivity index (χ1) is 6.20. The van der Waals surface area contributed by atoms with E-state index in [4.69, 9.17) is 4.84 Å². The van der Waals surface area contributed by atoms with Crippen molar-refractivity contribution in [1.29, 1.82) is 0 Å². The van der Waals surface area contributed by atoms with Crippen LogP contribution >= 0.6 is 25.6 Å². The van der Waals surface area contributed by atoms with Crippen molar-refractivity contribution >= 4 is 31.7 Å². The third kappa shape index (κ3) is 6.21. The molecule has 0 bridgehead atoms. The van der Waals surface area contributed by atoms with Gasteiger partial charge in [-0.05, 0) is 38.5 Å². The number of hydroxylamine groups is 1. The Morgan fingerprint density at radius 2 is 1.93 bits per heavy atom. The molecule has 0 aromatic carbocycles. The summed E-state index contributed by atoms with van der Waals surface area (Å²) in [4.78, 5) is 15.6. The van der Waals surface area contributed by atoms with E-state index in [9.17, 15) is 4.79 Å². The number of rotatable bonds is 2. The van der Waals surface area contributed by atoms with Gasteiger partial charge in [-0.1, -0.05) is 19.3 Å². The van der Waals surface area contributed by atoms with E-state index < -0.39 is 6.09 Å². The van der Waals surface area contributed by atoms with Crippen molar-refractivity contribution in [3.8, 4) is 0 Å². The van der Waals surface area contributed by atoms with E-state index in [-0.39, 0.29) is 52.8 Å². The molecule has 0 unspecified atom stereocenters. The molecule has 0 radical (unpaired) electrons. The predicted molar refractivity (Wildman–Crippen MR) is 57.4 cm³/mol. The summed E-state index contributed by atoms with van der Waals surface area (Å²) in [5.41, 5.74) is 2.71. The van der Waals surface area contributed by atoms with Gasteiger partial charge in [0.2, 0.25) is 0 Å². The molecule has 0 aromatic rings. The minimum atomic E-state index is -0.600. The van der Waals surface area contributed by atoms with Crippen LogP contribution in [0.2, 0.25) is 0 Å². The molecule has 4 nitrogen and oxygen atoms in total. The number of carbonyl (C=O) groups excluding carboxylic acids is 1. The molecule has 0 aromatic heterocycles. The van der Waals surface area contributed by atoms with Crippen LogP contribution in [-0.2, 0) is 4.84 Å². The van der Waals surface area contributed by atoms with E-state index in [1.807, 2.05) is 0 Å². The van der Waals surface area contributed by atoms with Crippen LogP contribution in [-0.4, -0.2) is 15.8 Å². The Morgan fingerprint density at radius 1 is 1.36 bits per heavy atom. The van der Waals surface area contributed by atoms with Crippen LogP contribution in [0, 0.1) is 0 Å². The van der Waals surface area contributed by atoms with Crippen LogP contribution in [0.15, 0.2) is 0 Å². The quantitative estimate of drug-likeness (QED) is 0.342. The van der Waals surface area contributed by atoms with Gasteiger partial charge in [0.05, 0.1) is 0 Å². The number of nitrogens with one attached hydrogen (secondary N) is 1. The van der Waals surface area contributed by atoms with E-state index >= 15 is 0 Å². The van der Waals surface area contributed by atoms with Crippen LogP contribution < -0.4 is 56.9 Å². The normalized spacial score (nSPS) is 17.0. The first-order valence-corrected chi connectivity index (χ1v) is 5.14. The van der Waals surface area contributed by atoms with Crippen molar-refractivity contribution in [2.75, 3.05) is 0 Å². The molecule has 0 heterocycles. The Kier molecular flexibility index (Phi) is 9.66. The summed E-state index contributed by atoms with van der Waals surface area (Å²) in [7, 11) is 0. The van der Waals surface area contributed by atoms with E-state index in [1.165, 1.54) is 19.3 Å². The van der Waals surface area contributed by atoms with Crippen LogP contribution in [0.3, 0.4) is 0 Å². The molecular formula is C7H15KN2O2S2. The van der Waals surface area contributed by atoms with Gasteiger partial charge in [-0.15, -0.1) is 5.48 Å². The summed E-state index contributed by atoms with van der Waals surface area (Å²) in [6, 6.07) is 0.291. The third-order valence-corrected chi connectivity index (χ3v) is 2.41. The van der Waals surface area contributed by atoms with Crippen molar-refractivity contribution in [1.82, 2.24) is 9.19 Å². The fourth-order valence-electron chi connectivity index (χ4n) is 1.40. The molecule has 0 aliphatic heterocycles. The molecule has 14 heavy (non-hydrogen) atoms. The number of nitrogens with zero attached hydrogens (tertiary/aromatic N) is 1. The maximum atomic E-state index is 10.9. The van der Waals surface area contributed by atoms with E-state index in [2.05, 4.69) is 31.1 Å². The van der Waals surface area contributed by atoms with Crippen molar-refractivity contribution < 1.29 is 62.4 Å². The maximum absolute atomic E-state index is 10.9. The molecule has 78 valence electrons. The van der Waals surface area contributed by atoms with Gasteiger partial charge in [-0.25, -0.2) is 4.79 Å². The van der Waals surface area contributed by atoms with E-state index in [1.54, 1.807) is 0 Å². The topological polar surface area (TPSA) is 41.6 Å². The molecular weight excluding hydrogens is 247 g/mol. The largest absolute Gasteiger partial charge is 1.00 e. The Labute approximate surface area is 139 Å². The molecule has 1 rings (SSSR count).